The molecule has 0 atom stereocenters. The minimum Gasteiger partial charge on any atom is -0.489 e. The van der Waals surface area contributed by atoms with Gasteiger partial charge in [0.1, 0.15) is 5.75 Å². The lowest BCUT2D eigenvalue weighted by Crippen LogP contribution is -2.46. The number of para-hydroxylation sites is 2. The molecule has 5 nitrogen and oxygen atoms in total. The van der Waals surface area contributed by atoms with Crippen LogP contribution in [0.15, 0.2) is 24.3 Å². The molecule has 1 fully saturated rings. The normalized spacial score (nSPS) is 14.1. The fraction of sp³-hybridized carbons (Fsp3) is 0.682. The number of rotatable bonds is 11. The van der Waals surface area contributed by atoms with Crippen molar-refractivity contribution in [2.45, 2.75) is 59.0 Å². The fourth-order valence-electron chi connectivity index (χ4n) is 3.48. The van der Waals surface area contributed by atoms with Gasteiger partial charge < -0.3 is 14.4 Å². The number of anilines is 1. The lowest BCUT2D eigenvalue weighted by molar-refractivity contribution is -0.143. The zero-order valence-corrected chi connectivity index (χ0v) is 19.7. The van der Waals surface area contributed by atoms with E-state index in [4.69, 9.17) is 9.47 Å². The highest BCUT2D eigenvalue weighted by Gasteiger charge is 2.19. The molecule has 1 saturated heterocycles. The average molecular weight is 449 g/mol. The SMILES string of the molecule is CCOC(=O)CCCCCCN1CCN(c2ccccc2OC(C)C)CC1.Cl.Cl. The molecule has 1 heterocycles. The Labute approximate surface area is 188 Å². The molecule has 1 aliphatic rings. The Morgan fingerprint density at radius 2 is 1.66 bits per heavy atom. The van der Waals surface area contributed by atoms with Crippen LogP contribution in [-0.4, -0.2) is 56.3 Å². The van der Waals surface area contributed by atoms with Crippen LogP contribution in [0.1, 0.15) is 52.9 Å². The van der Waals surface area contributed by atoms with E-state index in [0.717, 1.165) is 51.3 Å². The zero-order valence-electron chi connectivity index (χ0n) is 18.1. The van der Waals surface area contributed by atoms with Crippen LogP contribution in [-0.2, 0) is 9.53 Å². The number of piperazine rings is 1. The van der Waals surface area contributed by atoms with Crippen molar-refractivity contribution in [3.8, 4) is 5.75 Å². The van der Waals surface area contributed by atoms with Crippen molar-refractivity contribution >= 4 is 36.5 Å². The molecule has 0 unspecified atom stereocenters. The third-order valence-electron chi connectivity index (χ3n) is 4.85. The van der Waals surface area contributed by atoms with Crippen LogP contribution in [0.4, 0.5) is 5.69 Å². The Kier molecular flexibility index (Phi) is 15.0. The number of ether oxygens (including phenoxy) is 2. The van der Waals surface area contributed by atoms with Gasteiger partial charge in [0.15, 0.2) is 0 Å². The van der Waals surface area contributed by atoms with Crippen molar-refractivity contribution in [2.75, 3.05) is 44.2 Å². The maximum Gasteiger partial charge on any atom is 0.305 e. The van der Waals surface area contributed by atoms with Crippen molar-refractivity contribution < 1.29 is 14.3 Å². The van der Waals surface area contributed by atoms with Gasteiger partial charge in [0.05, 0.1) is 18.4 Å². The van der Waals surface area contributed by atoms with Gasteiger partial charge in [-0.2, -0.15) is 0 Å². The molecule has 0 aromatic heterocycles. The first-order valence-electron chi connectivity index (χ1n) is 10.5. The van der Waals surface area contributed by atoms with E-state index in [1.807, 2.05) is 13.0 Å². The van der Waals surface area contributed by atoms with E-state index < -0.39 is 0 Å². The molecule has 0 N–H and O–H groups in total. The van der Waals surface area contributed by atoms with Crippen LogP contribution < -0.4 is 9.64 Å². The number of carbonyl (C=O) groups is 1. The van der Waals surface area contributed by atoms with Crippen LogP contribution in [0.3, 0.4) is 0 Å². The first kappa shape index (κ1) is 27.8. The van der Waals surface area contributed by atoms with E-state index in [9.17, 15) is 4.79 Å². The summed E-state index contributed by atoms with van der Waals surface area (Å²) in [6, 6.07) is 8.36. The predicted molar refractivity (Wildman–Crippen MR) is 125 cm³/mol. The van der Waals surface area contributed by atoms with Gasteiger partial charge in [-0.3, -0.25) is 9.69 Å². The van der Waals surface area contributed by atoms with Crippen molar-refractivity contribution in [1.29, 1.82) is 0 Å². The van der Waals surface area contributed by atoms with Gasteiger partial charge in [-0.05, 0) is 52.3 Å². The minimum absolute atomic E-state index is 0. The summed E-state index contributed by atoms with van der Waals surface area (Å²) in [5, 5.41) is 0. The molecule has 1 aromatic carbocycles. The maximum atomic E-state index is 11.3. The molecule has 168 valence electrons. The van der Waals surface area contributed by atoms with Gasteiger partial charge >= 0.3 is 5.97 Å². The summed E-state index contributed by atoms with van der Waals surface area (Å²) in [6.45, 7) is 11.9. The molecule has 1 aromatic rings. The monoisotopic (exact) mass is 448 g/mol. The smallest absolute Gasteiger partial charge is 0.305 e. The standard InChI is InChI=1S/C22H36N2O3.2ClH/c1-4-26-22(25)13-7-5-6-10-14-23-15-17-24(18-16-23)20-11-8-9-12-21(20)27-19(2)3;;/h8-9,11-12,19H,4-7,10,13-18H2,1-3H3;2*1H. The summed E-state index contributed by atoms with van der Waals surface area (Å²) in [4.78, 5) is 16.3. The molecular formula is C22H38Cl2N2O3. The summed E-state index contributed by atoms with van der Waals surface area (Å²) in [6.07, 6.45) is 5.19. The molecule has 0 amide bonds. The summed E-state index contributed by atoms with van der Waals surface area (Å²) in [5.41, 5.74) is 1.21. The summed E-state index contributed by atoms with van der Waals surface area (Å²) < 4.78 is 10.9. The molecule has 0 radical (unpaired) electrons. The van der Waals surface area contributed by atoms with E-state index >= 15 is 0 Å². The number of nitrogens with zero attached hydrogens (tertiary/aromatic N) is 2. The number of hydrogen-bond donors (Lipinski definition) is 0. The first-order valence-corrected chi connectivity index (χ1v) is 10.5. The number of hydrogen-bond acceptors (Lipinski definition) is 5. The Morgan fingerprint density at radius 3 is 2.31 bits per heavy atom. The molecule has 0 saturated carbocycles. The van der Waals surface area contributed by atoms with Gasteiger partial charge in [-0.15, -0.1) is 24.8 Å². The molecular weight excluding hydrogens is 411 g/mol. The third-order valence-corrected chi connectivity index (χ3v) is 4.85. The fourth-order valence-corrected chi connectivity index (χ4v) is 3.48. The summed E-state index contributed by atoms with van der Waals surface area (Å²) in [5.74, 6) is 0.929. The van der Waals surface area contributed by atoms with Crippen molar-refractivity contribution in [3.63, 3.8) is 0 Å². The van der Waals surface area contributed by atoms with Crippen LogP contribution in [0, 0.1) is 0 Å². The second-order valence-corrected chi connectivity index (χ2v) is 7.43. The lowest BCUT2D eigenvalue weighted by Gasteiger charge is -2.37. The van der Waals surface area contributed by atoms with Gasteiger partial charge in [0, 0.05) is 32.6 Å². The average Bonchev–Trinajstić information content (AvgIpc) is 2.65. The van der Waals surface area contributed by atoms with E-state index in [0.29, 0.717) is 13.0 Å². The van der Waals surface area contributed by atoms with Crippen molar-refractivity contribution in [3.05, 3.63) is 24.3 Å². The number of esters is 1. The van der Waals surface area contributed by atoms with Gasteiger partial charge in [0.2, 0.25) is 0 Å². The Morgan fingerprint density at radius 1 is 1.00 bits per heavy atom. The molecule has 7 heteroatoms. The predicted octanol–water partition coefficient (Wildman–Crippen LogP) is 4.95. The van der Waals surface area contributed by atoms with Gasteiger partial charge in [-0.1, -0.05) is 25.0 Å². The molecule has 2 rings (SSSR count). The Hall–Kier alpha value is -1.17. The zero-order chi connectivity index (χ0) is 19.5. The summed E-state index contributed by atoms with van der Waals surface area (Å²) in [7, 11) is 0. The molecule has 0 bridgehead atoms. The maximum absolute atomic E-state index is 11.3. The van der Waals surface area contributed by atoms with E-state index in [2.05, 4.69) is 41.8 Å². The van der Waals surface area contributed by atoms with Crippen LogP contribution in [0.5, 0.6) is 5.75 Å². The molecule has 29 heavy (non-hydrogen) atoms. The number of carbonyl (C=O) groups excluding carboxylic acids is 1. The highest BCUT2D eigenvalue weighted by Crippen LogP contribution is 2.29. The number of unbranched alkanes of at least 4 members (excludes halogenated alkanes) is 3. The van der Waals surface area contributed by atoms with Crippen molar-refractivity contribution in [2.24, 2.45) is 0 Å². The van der Waals surface area contributed by atoms with Crippen LogP contribution in [0.25, 0.3) is 0 Å². The highest BCUT2D eigenvalue weighted by atomic mass is 35.5. The lowest BCUT2D eigenvalue weighted by atomic mass is 10.1. The first-order chi connectivity index (χ1) is 13.1. The van der Waals surface area contributed by atoms with E-state index in [-0.39, 0.29) is 36.9 Å². The van der Waals surface area contributed by atoms with Crippen LogP contribution in [0.2, 0.25) is 0 Å². The van der Waals surface area contributed by atoms with E-state index in [1.54, 1.807) is 0 Å². The quantitative estimate of drug-likeness (QED) is 0.353. The van der Waals surface area contributed by atoms with Crippen LogP contribution >= 0.6 is 24.8 Å². The summed E-state index contributed by atoms with van der Waals surface area (Å²) >= 11 is 0. The minimum atomic E-state index is -0.0599. The molecule has 0 spiro atoms. The second kappa shape index (κ2) is 15.6. The Bertz CT molecular complexity index is 565. The number of benzene rings is 1. The number of halogens is 2. The van der Waals surface area contributed by atoms with E-state index in [1.165, 1.54) is 18.5 Å². The Balaban J connectivity index is 0.00000392. The molecule has 1 aliphatic heterocycles. The second-order valence-electron chi connectivity index (χ2n) is 7.43. The third kappa shape index (κ3) is 10.4. The van der Waals surface area contributed by atoms with Gasteiger partial charge in [-0.25, -0.2) is 0 Å². The molecule has 0 aliphatic carbocycles. The topological polar surface area (TPSA) is 42.0 Å². The van der Waals surface area contributed by atoms with Crippen molar-refractivity contribution in [1.82, 2.24) is 4.90 Å². The van der Waals surface area contributed by atoms with Gasteiger partial charge in [0.25, 0.3) is 0 Å². The largest absolute Gasteiger partial charge is 0.489 e. The highest BCUT2D eigenvalue weighted by molar-refractivity contribution is 5.85.